The number of carbonyl (C=O) groups is 1. The van der Waals surface area contributed by atoms with E-state index in [1.165, 1.54) is 0 Å². The van der Waals surface area contributed by atoms with Crippen molar-refractivity contribution in [1.82, 2.24) is 4.90 Å². The van der Waals surface area contributed by atoms with Crippen LogP contribution in [0.15, 0.2) is 0 Å². The Kier molecular flexibility index (Phi) is 3.10. The van der Waals surface area contributed by atoms with Gasteiger partial charge >= 0.3 is 0 Å². The van der Waals surface area contributed by atoms with Crippen molar-refractivity contribution in [3.8, 4) is 12.3 Å². The number of hydrogen-bond acceptors (Lipinski definition) is 2. The molecule has 0 aromatic rings. The fourth-order valence-electron chi connectivity index (χ4n) is 1.50. The topological polar surface area (TPSA) is 37.4 Å². The van der Waals surface area contributed by atoms with Crippen molar-refractivity contribution in [2.45, 2.75) is 24.3 Å². The number of terminal acetylenes is 1. The second-order valence-electron chi connectivity index (χ2n) is 3.30. The third kappa shape index (κ3) is 2.10. The summed E-state index contributed by atoms with van der Waals surface area (Å²) < 4.78 is 11.5. The van der Waals surface area contributed by atoms with Crippen molar-refractivity contribution in [2.24, 2.45) is 0 Å². The lowest BCUT2D eigenvalue weighted by Crippen LogP contribution is -2.49. The van der Waals surface area contributed by atoms with Crippen LogP contribution in [0.1, 0.15) is 13.8 Å². The van der Waals surface area contributed by atoms with E-state index in [2.05, 4.69) is 5.92 Å². The fraction of sp³-hybridized carbons (Fsp3) is 0.667. The highest BCUT2D eigenvalue weighted by Crippen LogP contribution is 2.14. The highest BCUT2D eigenvalue weighted by molar-refractivity contribution is 7.86. The van der Waals surface area contributed by atoms with Gasteiger partial charge in [0.1, 0.15) is 0 Å². The average Bonchev–Trinajstić information content (AvgIpc) is 2.12. The molecule has 13 heavy (non-hydrogen) atoms. The molecule has 72 valence electrons. The van der Waals surface area contributed by atoms with Crippen LogP contribution in [0.4, 0.5) is 0 Å². The lowest BCUT2D eigenvalue weighted by Gasteiger charge is -2.33. The van der Waals surface area contributed by atoms with Crippen LogP contribution in [0, 0.1) is 12.3 Å². The molecule has 1 heterocycles. The van der Waals surface area contributed by atoms with E-state index >= 15 is 0 Å². The molecule has 3 nitrogen and oxygen atoms in total. The summed E-state index contributed by atoms with van der Waals surface area (Å²) in [5.74, 6) is 1.78. The van der Waals surface area contributed by atoms with Crippen LogP contribution in [0.25, 0.3) is 0 Å². The fourth-order valence-corrected chi connectivity index (χ4v) is 2.94. The van der Waals surface area contributed by atoms with Crippen LogP contribution in [0.3, 0.4) is 0 Å². The molecule has 0 saturated carbocycles. The first-order chi connectivity index (χ1) is 6.06. The van der Waals surface area contributed by atoms with Gasteiger partial charge in [-0.1, -0.05) is 0 Å². The van der Waals surface area contributed by atoms with Crippen LogP contribution in [-0.2, 0) is 15.6 Å². The molecular formula is C9H13NO2S. The molecule has 1 aliphatic heterocycles. The Bertz CT molecular complexity index is 268. The molecule has 0 aromatic heterocycles. The van der Waals surface area contributed by atoms with E-state index in [-0.39, 0.29) is 16.4 Å². The van der Waals surface area contributed by atoms with Crippen molar-refractivity contribution >= 4 is 16.7 Å². The number of nitrogens with zero attached hydrogens (tertiary/aromatic N) is 1. The zero-order valence-electron chi connectivity index (χ0n) is 7.82. The van der Waals surface area contributed by atoms with E-state index in [4.69, 9.17) is 6.42 Å². The summed E-state index contributed by atoms with van der Waals surface area (Å²) in [4.78, 5) is 12.7. The Morgan fingerprint density at radius 2 is 1.92 bits per heavy atom. The van der Waals surface area contributed by atoms with Crippen LogP contribution >= 0.6 is 0 Å². The monoisotopic (exact) mass is 199 g/mol. The molecular weight excluding hydrogens is 186 g/mol. The summed E-state index contributed by atoms with van der Waals surface area (Å²) in [6.07, 6.45) is 5.01. The second kappa shape index (κ2) is 3.93. The van der Waals surface area contributed by atoms with Gasteiger partial charge in [-0.2, -0.15) is 0 Å². The van der Waals surface area contributed by atoms with E-state index in [1.807, 2.05) is 13.8 Å². The first-order valence-corrected chi connectivity index (χ1v) is 5.48. The first kappa shape index (κ1) is 10.3. The summed E-state index contributed by atoms with van der Waals surface area (Å²) in [7, 11) is -0.831. The molecule has 1 rings (SSSR count). The molecule has 0 aromatic carbocycles. The predicted molar refractivity (Wildman–Crippen MR) is 52.5 cm³/mol. The molecule has 1 amide bonds. The molecule has 1 fully saturated rings. The minimum atomic E-state index is -0.831. The SMILES string of the molecule is C#CC(=O)N1CC(C)S(=O)C(C)C1. The highest BCUT2D eigenvalue weighted by atomic mass is 32.2. The number of hydrogen-bond donors (Lipinski definition) is 0. The zero-order chi connectivity index (χ0) is 10.0. The maximum atomic E-state index is 11.5. The molecule has 0 N–H and O–H groups in total. The third-order valence-electron chi connectivity index (χ3n) is 2.16. The Hall–Kier alpha value is -0.820. The normalized spacial score (nSPS) is 33.9. The van der Waals surface area contributed by atoms with Crippen LogP contribution in [-0.4, -0.2) is 38.6 Å². The Morgan fingerprint density at radius 1 is 1.46 bits per heavy atom. The van der Waals surface area contributed by atoms with Gasteiger partial charge in [-0.25, -0.2) is 0 Å². The zero-order valence-corrected chi connectivity index (χ0v) is 8.63. The maximum Gasteiger partial charge on any atom is 0.298 e. The van der Waals surface area contributed by atoms with Gasteiger partial charge in [-0.05, 0) is 19.8 Å². The summed E-state index contributed by atoms with van der Waals surface area (Å²) in [6, 6.07) is 0. The molecule has 0 spiro atoms. The van der Waals surface area contributed by atoms with Crippen molar-refractivity contribution < 1.29 is 9.00 Å². The minimum Gasteiger partial charge on any atom is -0.330 e. The van der Waals surface area contributed by atoms with Crippen molar-refractivity contribution in [3.63, 3.8) is 0 Å². The van der Waals surface area contributed by atoms with Crippen molar-refractivity contribution in [2.75, 3.05) is 13.1 Å². The second-order valence-corrected chi connectivity index (χ2v) is 5.57. The smallest absolute Gasteiger partial charge is 0.298 e. The molecule has 0 aliphatic carbocycles. The van der Waals surface area contributed by atoms with Gasteiger partial charge in [-0.3, -0.25) is 9.00 Å². The quantitative estimate of drug-likeness (QED) is 0.514. The molecule has 1 aliphatic rings. The van der Waals surface area contributed by atoms with Crippen molar-refractivity contribution in [1.29, 1.82) is 0 Å². The Balaban J connectivity index is 2.70. The van der Waals surface area contributed by atoms with Gasteiger partial charge in [-0.15, -0.1) is 6.42 Å². The van der Waals surface area contributed by atoms with E-state index in [0.717, 1.165) is 0 Å². The number of carbonyl (C=O) groups excluding carboxylic acids is 1. The molecule has 2 atom stereocenters. The lowest BCUT2D eigenvalue weighted by molar-refractivity contribution is -0.125. The number of rotatable bonds is 0. The van der Waals surface area contributed by atoms with E-state index in [9.17, 15) is 9.00 Å². The third-order valence-corrected chi connectivity index (χ3v) is 4.04. The van der Waals surface area contributed by atoms with Crippen molar-refractivity contribution in [3.05, 3.63) is 0 Å². The van der Waals surface area contributed by atoms with Gasteiger partial charge < -0.3 is 4.90 Å². The summed E-state index contributed by atoms with van der Waals surface area (Å²) >= 11 is 0. The van der Waals surface area contributed by atoms with E-state index in [0.29, 0.717) is 13.1 Å². The Morgan fingerprint density at radius 3 is 2.31 bits per heavy atom. The van der Waals surface area contributed by atoms with Crippen LogP contribution < -0.4 is 0 Å². The lowest BCUT2D eigenvalue weighted by atomic mass is 10.3. The van der Waals surface area contributed by atoms with Crippen LogP contribution in [0.5, 0.6) is 0 Å². The molecule has 1 saturated heterocycles. The average molecular weight is 199 g/mol. The summed E-state index contributed by atoms with van der Waals surface area (Å²) in [5, 5.41) is 0.0575. The van der Waals surface area contributed by atoms with E-state index in [1.54, 1.807) is 4.90 Å². The van der Waals surface area contributed by atoms with Gasteiger partial charge in [0.05, 0.1) is 0 Å². The summed E-state index contributed by atoms with van der Waals surface area (Å²) in [6.45, 7) is 4.78. The molecule has 2 unspecified atom stereocenters. The van der Waals surface area contributed by atoms with Gasteiger partial charge in [0.15, 0.2) is 0 Å². The Labute approximate surface area is 80.9 Å². The maximum absolute atomic E-state index is 11.5. The molecule has 0 radical (unpaired) electrons. The number of amides is 1. The minimum absolute atomic E-state index is 0.0287. The van der Waals surface area contributed by atoms with E-state index < -0.39 is 10.8 Å². The molecule has 0 bridgehead atoms. The predicted octanol–water partition coefficient (Wildman–Crippen LogP) is -0.0125. The molecule has 4 heteroatoms. The first-order valence-electron chi connectivity index (χ1n) is 4.21. The van der Waals surface area contributed by atoms with Gasteiger partial charge in [0.2, 0.25) is 0 Å². The van der Waals surface area contributed by atoms with Gasteiger partial charge in [0.25, 0.3) is 5.91 Å². The van der Waals surface area contributed by atoms with Crippen LogP contribution in [0.2, 0.25) is 0 Å². The standard InChI is InChI=1S/C9H13NO2S/c1-4-9(11)10-5-7(2)13(12)8(3)6-10/h1,7-8H,5-6H2,2-3H3. The summed E-state index contributed by atoms with van der Waals surface area (Å²) in [5.41, 5.74) is 0. The van der Waals surface area contributed by atoms with Gasteiger partial charge in [0, 0.05) is 34.4 Å². The largest absolute Gasteiger partial charge is 0.330 e. The highest BCUT2D eigenvalue weighted by Gasteiger charge is 2.30.